The molecule has 0 unspecified atom stereocenters. The van der Waals surface area contributed by atoms with E-state index in [0.29, 0.717) is 12.1 Å². The monoisotopic (exact) mass is 245 g/mol. The number of benzene rings is 1. The summed E-state index contributed by atoms with van der Waals surface area (Å²) in [6.45, 7) is 3.79. The van der Waals surface area contributed by atoms with E-state index in [1.165, 1.54) is 0 Å². The highest BCUT2D eigenvalue weighted by molar-refractivity contribution is 5.87. The zero-order valence-corrected chi connectivity index (χ0v) is 10.4. The lowest BCUT2D eigenvalue weighted by atomic mass is 9.94. The third kappa shape index (κ3) is 2.14. The summed E-state index contributed by atoms with van der Waals surface area (Å²) in [5.41, 5.74) is 0.739. The number of fused-ring (bicyclic) bond motifs is 1. The van der Waals surface area contributed by atoms with Gasteiger partial charge in [-0.1, -0.05) is 0 Å². The van der Waals surface area contributed by atoms with Gasteiger partial charge in [0, 0.05) is 29.2 Å². The minimum Gasteiger partial charge on any atom is -0.481 e. The highest BCUT2D eigenvalue weighted by atomic mass is 16.4. The van der Waals surface area contributed by atoms with E-state index in [0.717, 1.165) is 17.2 Å². The average Bonchev–Trinajstić information content (AvgIpc) is 2.71. The van der Waals surface area contributed by atoms with Crippen molar-refractivity contribution in [2.75, 3.05) is 0 Å². The van der Waals surface area contributed by atoms with Crippen molar-refractivity contribution in [2.24, 2.45) is 5.41 Å². The van der Waals surface area contributed by atoms with Crippen LogP contribution in [-0.2, 0) is 11.3 Å². The van der Waals surface area contributed by atoms with Crippen LogP contribution < -0.4 is 0 Å². The number of rotatable bonds is 4. The van der Waals surface area contributed by atoms with Crippen LogP contribution in [0.2, 0.25) is 0 Å². The quantitative estimate of drug-likeness (QED) is 0.842. The summed E-state index contributed by atoms with van der Waals surface area (Å²) in [6.07, 6.45) is 2.65. The minimum atomic E-state index is -0.825. The molecular formula is C14H15NO3. The number of carboxylic acid groups (broad SMARTS) is 1. The number of carbonyl (C=O) groups excluding carboxylic acids is 1. The van der Waals surface area contributed by atoms with Crippen molar-refractivity contribution in [1.82, 2.24) is 4.57 Å². The Kier molecular flexibility index (Phi) is 2.95. The van der Waals surface area contributed by atoms with E-state index in [1.54, 1.807) is 26.0 Å². The molecule has 0 fully saturated rings. The number of carboxylic acids is 1. The van der Waals surface area contributed by atoms with Crippen molar-refractivity contribution in [3.05, 3.63) is 36.0 Å². The average molecular weight is 245 g/mol. The summed E-state index contributed by atoms with van der Waals surface area (Å²) in [7, 11) is 0. The largest absolute Gasteiger partial charge is 0.481 e. The Bertz CT molecular complexity index is 611. The number of hydrogen-bond donors (Lipinski definition) is 1. The summed E-state index contributed by atoms with van der Waals surface area (Å²) >= 11 is 0. The molecule has 0 atom stereocenters. The number of carbonyl (C=O) groups is 2. The minimum absolute atomic E-state index is 0.395. The van der Waals surface area contributed by atoms with E-state index in [1.807, 2.05) is 22.9 Å². The van der Waals surface area contributed by atoms with Gasteiger partial charge in [-0.3, -0.25) is 9.59 Å². The van der Waals surface area contributed by atoms with Crippen molar-refractivity contribution in [2.45, 2.75) is 20.4 Å². The summed E-state index contributed by atoms with van der Waals surface area (Å²) in [6, 6.07) is 7.27. The van der Waals surface area contributed by atoms with E-state index in [-0.39, 0.29) is 0 Å². The molecule has 4 heteroatoms. The number of nitrogens with zero attached hydrogens (tertiary/aromatic N) is 1. The highest BCUT2D eigenvalue weighted by Gasteiger charge is 2.27. The molecule has 0 aliphatic heterocycles. The second kappa shape index (κ2) is 4.29. The molecule has 0 aliphatic carbocycles. The smallest absolute Gasteiger partial charge is 0.310 e. The first-order chi connectivity index (χ1) is 8.44. The second-order valence-corrected chi connectivity index (χ2v) is 5.07. The fraction of sp³-hybridized carbons (Fsp3) is 0.286. The Morgan fingerprint density at radius 3 is 2.72 bits per heavy atom. The number of aromatic nitrogens is 1. The van der Waals surface area contributed by atoms with Gasteiger partial charge in [-0.25, -0.2) is 0 Å². The van der Waals surface area contributed by atoms with Crippen LogP contribution in [0.25, 0.3) is 10.9 Å². The molecule has 18 heavy (non-hydrogen) atoms. The summed E-state index contributed by atoms with van der Waals surface area (Å²) < 4.78 is 1.90. The van der Waals surface area contributed by atoms with Gasteiger partial charge in [0.2, 0.25) is 0 Å². The van der Waals surface area contributed by atoms with Crippen LogP contribution in [0.15, 0.2) is 30.5 Å². The zero-order valence-electron chi connectivity index (χ0n) is 10.4. The molecule has 0 bridgehead atoms. The van der Waals surface area contributed by atoms with Gasteiger partial charge in [-0.15, -0.1) is 0 Å². The Morgan fingerprint density at radius 2 is 2.11 bits per heavy atom. The van der Waals surface area contributed by atoms with Crippen molar-refractivity contribution >= 4 is 23.2 Å². The molecule has 0 saturated carbocycles. The Hall–Kier alpha value is -2.10. The molecule has 1 aromatic heterocycles. The molecular weight excluding hydrogens is 230 g/mol. The van der Waals surface area contributed by atoms with Gasteiger partial charge in [0.05, 0.1) is 5.41 Å². The van der Waals surface area contributed by atoms with Crippen LogP contribution in [0.4, 0.5) is 0 Å². The number of aldehydes is 1. The Balaban J connectivity index is 2.41. The van der Waals surface area contributed by atoms with Crippen LogP contribution >= 0.6 is 0 Å². The van der Waals surface area contributed by atoms with Gasteiger partial charge < -0.3 is 9.67 Å². The fourth-order valence-corrected chi connectivity index (χ4v) is 1.92. The van der Waals surface area contributed by atoms with E-state index >= 15 is 0 Å². The SMILES string of the molecule is CC(C)(Cn1ccc2cc(C=O)ccc21)C(=O)O. The number of hydrogen-bond acceptors (Lipinski definition) is 2. The normalized spacial score (nSPS) is 11.7. The van der Waals surface area contributed by atoms with Crippen LogP contribution in [0, 0.1) is 5.41 Å². The van der Waals surface area contributed by atoms with Gasteiger partial charge in [-0.05, 0) is 38.1 Å². The highest BCUT2D eigenvalue weighted by Crippen LogP contribution is 2.23. The second-order valence-electron chi connectivity index (χ2n) is 5.07. The van der Waals surface area contributed by atoms with Crippen LogP contribution in [0.5, 0.6) is 0 Å². The molecule has 2 aromatic rings. The lowest BCUT2D eigenvalue weighted by molar-refractivity contribution is -0.147. The van der Waals surface area contributed by atoms with Gasteiger partial charge in [-0.2, -0.15) is 0 Å². The Labute approximate surface area is 105 Å². The van der Waals surface area contributed by atoms with Crippen molar-refractivity contribution < 1.29 is 14.7 Å². The molecule has 0 spiro atoms. The summed E-state index contributed by atoms with van der Waals surface area (Å²) in [5.74, 6) is -0.825. The van der Waals surface area contributed by atoms with Gasteiger partial charge in [0.15, 0.2) is 0 Å². The standard InChI is InChI=1S/C14H15NO3/c1-14(2,13(17)18)9-15-6-5-11-7-10(8-16)3-4-12(11)15/h3-8H,9H2,1-2H3,(H,17,18). The molecule has 0 saturated heterocycles. The van der Waals surface area contributed by atoms with Crippen LogP contribution in [-0.4, -0.2) is 21.9 Å². The maximum atomic E-state index is 11.1. The van der Waals surface area contributed by atoms with Crippen LogP contribution in [0.3, 0.4) is 0 Å². The first-order valence-corrected chi connectivity index (χ1v) is 5.71. The van der Waals surface area contributed by atoms with Crippen LogP contribution in [0.1, 0.15) is 24.2 Å². The molecule has 0 aliphatic rings. The van der Waals surface area contributed by atoms with E-state index < -0.39 is 11.4 Å². The van der Waals surface area contributed by atoms with Gasteiger partial charge in [0.1, 0.15) is 6.29 Å². The molecule has 0 radical (unpaired) electrons. The topological polar surface area (TPSA) is 59.3 Å². The molecule has 1 heterocycles. The van der Waals surface area contributed by atoms with E-state index in [4.69, 9.17) is 5.11 Å². The predicted molar refractivity (Wildman–Crippen MR) is 68.7 cm³/mol. The summed E-state index contributed by atoms with van der Waals surface area (Å²) in [4.78, 5) is 21.8. The molecule has 2 rings (SSSR count). The lowest BCUT2D eigenvalue weighted by Gasteiger charge is -2.20. The maximum Gasteiger partial charge on any atom is 0.310 e. The first kappa shape index (κ1) is 12.4. The van der Waals surface area contributed by atoms with Gasteiger partial charge in [0.25, 0.3) is 0 Å². The number of aliphatic carboxylic acids is 1. The van der Waals surface area contributed by atoms with Crippen molar-refractivity contribution in [3.63, 3.8) is 0 Å². The maximum absolute atomic E-state index is 11.1. The fourth-order valence-electron chi connectivity index (χ4n) is 1.92. The third-order valence-electron chi connectivity index (χ3n) is 3.08. The molecule has 4 nitrogen and oxygen atoms in total. The molecule has 94 valence electrons. The third-order valence-corrected chi connectivity index (χ3v) is 3.08. The first-order valence-electron chi connectivity index (χ1n) is 5.71. The van der Waals surface area contributed by atoms with Gasteiger partial charge >= 0.3 is 5.97 Å². The van der Waals surface area contributed by atoms with Crippen molar-refractivity contribution in [1.29, 1.82) is 0 Å². The molecule has 0 amide bonds. The predicted octanol–water partition coefficient (Wildman–Crippen LogP) is 2.56. The Morgan fingerprint density at radius 1 is 1.39 bits per heavy atom. The van der Waals surface area contributed by atoms with Crippen molar-refractivity contribution in [3.8, 4) is 0 Å². The summed E-state index contributed by atoms with van der Waals surface area (Å²) in [5, 5.41) is 10.1. The van der Waals surface area contributed by atoms with E-state index in [9.17, 15) is 9.59 Å². The zero-order chi connectivity index (χ0) is 13.3. The molecule has 1 aromatic carbocycles. The molecule has 1 N–H and O–H groups in total. The lowest BCUT2D eigenvalue weighted by Crippen LogP contribution is -2.28. The van der Waals surface area contributed by atoms with E-state index in [2.05, 4.69) is 0 Å².